The summed E-state index contributed by atoms with van der Waals surface area (Å²) in [5, 5.41) is 32.4. The summed E-state index contributed by atoms with van der Waals surface area (Å²) in [6.07, 6.45) is 0.823. The Balaban J connectivity index is 1.90. The molecular formula is C15H21N5O4. The molecule has 9 nitrogen and oxygen atoms in total. The Kier molecular flexibility index (Phi) is 4.76. The molecule has 1 aliphatic heterocycles. The maximum absolute atomic E-state index is 10.2. The van der Waals surface area contributed by atoms with Gasteiger partial charge in [0, 0.05) is 6.54 Å². The molecule has 2 aromatic heterocycles. The van der Waals surface area contributed by atoms with E-state index >= 15 is 0 Å². The smallest absolute Gasteiger partial charge is 0.167 e. The van der Waals surface area contributed by atoms with Crippen LogP contribution in [0.15, 0.2) is 24.3 Å². The molecule has 1 aliphatic rings. The highest BCUT2D eigenvalue weighted by Crippen LogP contribution is 2.31. The Morgan fingerprint density at radius 3 is 2.75 bits per heavy atom. The molecule has 0 aromatic carbocycles. The van der Waals surface area contributed by atoms with Gasteiger partial charge < -0.3 is 25.4 Å². The third-order valence-corrected chi connectivity index (χ3v) is 3.93. The SMILES string of the molecule is CC(C)=CCNc1ncnc2c1ncn2[C@@H]1O[C@@H](CO)[C@@H](O)[C@H]1O. The van der Waals surface area contributed by atoms with Gasteiger partial charge in [0.25, 0.3) is 0 Å². The Hall–Kier alpha value is -2.07. The summed E-state index contributed by atoms with van der Waals surface area (Å²) in [4.78, 5) is 12.7. The molecule has 3 rings (SSSR count). The fraction of sp³-hybridized carbons (Fsp3) is 0.533. The fourth-order valence-electron chi connectivity index (χ4n) is 2.63. The molecule has 1 saturated heterocycles. The number of ether oxygens (including phenoxy) is 1. The van der Waals surface area contributed by atoms with Gasteiger partial charge in [-0.1, -0.05) is 11.6 Å². The fourth-order valence-corrected chi connectivity index (χ4v) is 2.63. The molecule has 0 amide bonds. The third kappa shape index (κ3) is 2.98. The quantitative estimate of drug-likeness (QED) is 0.554. The van der Waals surface area contributed by atoms with Gasteiger partial charge in [0.15, 0.2) is 23.2 Å². The van der Waals surface area contributed by atoms with Gasteiger partial charge in [-0.15, -0.1) is 0 Å². The number of allylic oxidation sites excluding steroid dienone is 1. The first-order valence-electron chi connectivity index (χ1n) is 7.70. The largest absolute Gasteiger partial charge is 0.394 e. The van der Waals surface area contributed by atoms with Crippen molar-refractivity contribution < 1.29 is 20.1 Å². The van der Waals surface area contributed by atoms with Gasteiger partial charge >= 0.3 is 0 Å². The summed E-state index contributed by atoms with van der Waals surface area (Å²) in [6, 6.07) is 0. The number of hydrogen-bond acceptors (Lipinski definition) is 8. The van der Waals surface area contributed by atoms with Crippen molar-refractivity contribution in [3.63, 3.8) is 0 Å². The number of hydrogen-bond donors (Lipinski definition) is 4. The van der Waals surface area contributed by atoms with Crippen LogP contribution in [0.25, 0.3) is 11.2 Å². The zero-order valence-electron chi connectivity index (χ0n) is 13.5. The van der Waals surface area contributed by atoms with Crippen LogP contribution in [-0.4, -0.2) is 66.3 Å². The number of imidazole rings is 1. The van der Waals surface area contributed by atoms with E-state index in [0.717, 1.165) is 0 Å². The Morgan fingerprint density at radius 1 is 1.29 bits per heavy atom. The van der Waals surface area contributed by atoms with E-state index in [-0.39, 0.29) is 6.61 Å². The van der Waals surface area contributed by atoms with Gasteiger partial charge in [0.2, 0.25) is 0 Å². The van der Waals surface area contributed by atoms with Crippen molar-refractivity contribution in [1.82, 2.24) is 19.5 Å². The molecule has 4 atom stereocenters. The predicted molar refractivity (Wildman–Crippen MR) is 86.3 cm³/mol. The highest BCUT2D eigenvalue weighted by molar-refractivity contribution is 5.82. The summed E-state index contributed by atoms with van der Waals surface area (Å²) in [5.41, 5.74) is 2.20. The normalized spacial score (nSPS) is 26.7. The zero-order chi connectivity index (χ0) is 17.3. The van der Waals surface area contributed by atoms with Crippen LogP contribution in [0, 0.1) is 0 Å². The average molecular weight is 335 g/mol. The number of rotatable bonds is 5. The Labute approximate surface area is 138 Å². The molecule has 130 valence electrons. The van der Waals surface area contributed by atoms with E-state index in [1.54, 1.807) is 0 Å². The molecule has 1 fully saturated rings. The molecule has 0 bridgehead atoms. The monoisotopic (exact) mass is 335 g/mol. The van der Waals surface area contributed by atoms with Crippen LogP contribution in [0.4, 0.5) is 5.82 Å². The number of nitrogens with zero attached hydrogens (tertiary/aromatic N) is 4. The number of anilines is 1. The number of aliphatic hydroxyl groups excluding tert-OH is 3. The topological polar surface area (TPSA) is 126 Å². The van der Waals surface area contributed by atoms with Crippen molar-refractivity contribution in [3.05, 3.63) is 24.3 Å². The molecule has 0 spiro atoms. The molecule has 2 aromatic rings. The molecule has 0 unspecified atom stereocenters. The maximum Gasteiger partial charge on any atom is 0.167 e. The van der Waals surface area contributed by atoms with E-state index in [1.165, 1.54) is 22.8 Å². The second-order valence-corrected chi connectivity index (χ2v) is 5.94. The van der Waals surface area contributed by atoms with Crippen LogP contribution in [0.3, 0.4) is 0 Å². The summed E-state index contributed by atoms with van der Waals surface area (Å²) in [6.45, 7) is 4.24. The standard InChI is InChI=1S/C15H21N5O4/c1-8(2)3-4-16-13-10-14(18-6-17-13)20(7-19-10)15-12(23)11(22)9(5-21)24-15/h3,6-7,9,11-12,15,21-23H,4-5H2,1-2H3,(H,16,17,18)/t9-,11+,12+,15+/m0/s1. The molecule has 4 N–H and O–H groups in total. The third-order valence-electron chi connectivity index (χ3n) is 3.93. The zero-order valence-corrected chi connectivity index (χ0v) is 13.5. The second-order valence-electron chi connectivity index (χ2n) is 5.94. The van der Waals surface area contributed by atoms with E-state index in [4.69, 9.17) is 4.74 Å². The van der Waals surface area contributed by atoms with Crippen molar-refractivity contribution in [2.24, 2.45) is 0 Å². The van der Waals surface area contributed by atoms with Crippen LogP contribution >= 0.6 is 0 Å². The van der Waals surface area contributed by atoms with Gasteiger partial charge in [-0.3, -0.25) is 4.57 Å². The van der Waals surface area contributed by atoms with E-state index in [1.807, 2.05) is 19.9 Å². The van der Waals surface area contributed by atoms with E-state index in [2.05, 4.69) is 20.3 Å². The number of nitrogens with one attached hydrogen (secondary N) is 1. The highest BCUT2D eigenvalue weighted by Gasteiger charge is 2.43. The molecule has 24 heavy (non-hydrogen) atoms. The van der Waals surface area contributed by atoms with Crippen LogP contribution in [0.5, 0.6) is 0 Å². The van der Waals surface area contributed by atoms with Gasteiger partial charge in [-0.05, 0) is 13.8 Å². The first kappa shape index (κ1) is 16.8. The van der Waals surface area contributed by atoms with Gasteiger partial charge in [0.1, 0.15) is 24.6 Å². The minimum Gasteiger partial charge on any atom is -0.394 e. The van der Waals surface area contributed by atoms with Gasteiger partial charge in [-0.25, -0.2) is 15.0 Å². The van der Waals surface area contributed by atoms with E-state index in [0.29, 0.717) is 23.5 Å². The van der Waals surface area contributed by atoms with Crippen LogP contribution in [0.2, 0.25) is 0 Å². The highest BCUT2D eigenvalue weighted by atomic mass is 16.6. The minimum absolute atomic E-state index is 0.383. The lowest BCUT2D eigenvalue weighted by Gasteiger charge is -2.16. The first-order chi connectivity index (χ1) is 11.5. The molecule has 0 aliphatic carbocycles. The summed E-state index contributed by atoms with van der Waals surface area (Å²) >= 11 is 0. The van der Waals surface area contributed by atoms with Crippen molar-refractivity contribution in [2.45, 2.75) is 38.4 Å². The van der Waals surface area contributed by atoms with Crippen molar-refractivity contribution >= 4 is 17.0 Å². The number of aliphatic hydroxyl groups is 3. The Bertz CT molecular complexity index is 743. The van der Waals surface area contributed by atoms with Crippen LogP contribution in [-0.2, 0) is 4.74 Å². The average Bonchev–Trinajstić information content (AvgIpc) is 3.10. The summed E-state index contributed by atoms with van der Waals surface area (Å²) < 4.78 is 7.06. The van der Waals surface area contributed by atoms with Gasteiger partial charge in [0.05, 0.1) is 12.9 Å². The van der Waals surface area contributed by atoms with Crippen molar-refractivity contribution in [3.8, 4) is 0 Å². The van der Waals surface area contributed by atoms with Crippen LogP contribution in [0.1, 0.15) is 20.1 Å². The van der Waals surface area contributed by atoms with E-state index < -0.39 is 24.5 Å². The van der Waals surface area contributed by atoms with Gasteiger partial charge in [-0.2, -0.15) is 0 Å². The summed E-state index contributed by atoms with van der Waals surface area (Å²) in [7, 11) is 0. The lowest BCUT2D eigenvalue weighted by molar-refractivity contribution is -0.0511. The minimum atomic E-state index is -1.18. The molecular weight excluding hydrogens is 314 g/mol. The second kappa shape index (κ2) is 6.81. The van der Waals surface area contributed by atoms with Crippen molar-refractivity contribution in [2.75, 3.05) is 18.5 Å². The predicted octanol–water partition coefficient (Wildman–Crippen LogP) is -0.184. The summed E-state index contributed by atoms with van der Waals surface area (Å²) in [5.74, 6) is 0.572. The lowest BCUT2D eigenvalue weighted by Crippen LogP contribution is -2.33. The molecule has 3 heterocycles. The number of fused-ring (bicyclic) bond motifs is 1. The van der Waals surface area contributed by atoms with Crippen molar-refractivity contribution in [1.29, 1.82) is 0 Å². The lowest BCUT2D eigenvalue weighted by atomic mass is 10.1. The molecule has 9 heteroatoms. The molecule has 0 saturated carbocycles. The Morgan fingerprint density at radius 2 is 2.08 bits per heavy atom. The maximum atomic E-state index is 10.2. The van der Waals surface area contributed by atoms with Crippen LogP contribution < -0.4 is 5.32 Å². The van der Waals surface area contributed by atoms with E-state index in [9.17, 15) is 15.3 Å². The molecule has 0 radical (unpaired) electrons. The number of aromatic nitrogens is 4. The first-order valence-corrected chi connectivity index (χ1v) is 7.70.